The third-order valence-corrected chi connectivity index (χ3v) is 5.18. The third kappa shape index (κ3) is 4.89. The summed E-state index contributed by atoms with van der Waals surface area (Å²) in [6.45, 7) is 7.54. The number of nitrogens with zero attached hydrogens (tertiary/aromatic N) is 3. The predicted octanol–water partition coefficient (Wildman–Crippen LogP) is 1.96. The first-order chi connectivity index (χ1) is 12.7. The number of rotatable bonds is 6. The molecule has 2 heterocycles. The van der Waals surface area contributed by atoms with Gasteiger partial charge < -0.3 is 19.7 Å². The van der Waals surface area contributed by atoms with Gasteiger partial charge in [-0.05, 0) is 44.0 Å². The largest absolute Gasteiger partial charge is 0.497 e. The summed E-state index contributed by atoms with van der Waals surface area (Å²) >= 11 is 0. The number of fused-ring (bicyclic) bond motifs is 1. The molecule has 0 amide bonds. The summed E-state index contributed by atoms with van der Waals surface area (Å²) in [7, 11) is 3.76. The molecule has 0 bridgehead atoms. The summed E-state index contributed by atoms with van der Waals surface area (Å²) in [6, 6.07) is 8.82. The molecule has 1 N–H and O–H groups in total. The number of ether oxygens (including phenoxy) is 2. The van der Waals surface area contributed by atoms with Crippen LogP contribution >= 0.6 is 0 Å². The van der Waals surface area contributed by atoms with Crippen LogP contribution < -0.4 is 10.1 Å². The van der Waals surface area contributed by atoms with Crippen molar-refractivity contribution in [3.8, 4) is 5.75 Å². The average molecular weight is 361 g/mol. The maximum absolute atomic E-state index is 6.04. The Kier molecular flexibility index (Phi) is 6.74. The van der Waals surface area contributed by atoms with Crippen molar-refractivity contribution in [1.82, 2.24) is 15.1 Å². The summed E-state index contributed by atoms with van der Waals surface area (Å²) in [5.74, 6) is 1.81. The Morgan fingerprint density at radius 2 is 2.19 bits per heavy atom. The highest BCUT2D eigenvalue weighted by atomic mass is 16.5. The van der Waals surface area contributed by atoms with Crippen molar-refractivity contribution in [1.29, 1.82) is 0 Å². The van der Waals surface area contributed by atoms with Crippen molar-refractivity contribution in [2.24, 2.45) is 4.99 Å². The molecule has 0 aliphatic carbocycles. The molecule has 0 aromatic heterocycles. The van der Waals surface area contributed by atoms with E-state index < -0.39 is 0 Å². The molecule has 0 saturated carbocycles. The zero-order chi connectivity index (χ0) is 18.4. The van der Waals surface area contributed by atoms with Crippen molar-refractivity contribution >= 4 is 5.96 Å². The van der Waals surface area contributed by atoms with E-state index in [1.807, 2.05) is 12.1 Å². The van der Waals surface area contributed by atoms with Crippen LogP contribution in [0.3, 0.4) is 0 Å². The lowest BCUT2D eigenvalue weighted by molar-refractivity contribution is -0.0432. The molecule has 2 aliphatic heterocycles. The van der Waals surface area contributed by atoms with E-state index in [4.69, 9.17) is 14.5 Å². The van der Waals surface area contributed by atoms with E-state index in [-0.39, 0.29) is 6.10 Å². The van der Waals surface area contributed by atoms with Gasteiger partial charge in [-0.25, -0.2) is 0 Å². The van der Waals surface area contributed by atoms with Crippen molar-refractivity contribution in [2.75, 3.05) is 46.9 Å². The molecule has 2 unspecified atom stereocenters. The van der Waals surface area contributed by atoms with Gasteiger partial charge in [-0.15, -0.1) is 0 Å². The molecule has 1 aromatic rings. The highest BCUT2D eigenvalue weighted by molar-refractivity contribution is 5.79. The normalized spacial score (nSPS) is 23.6. The van der Waals surface area contributed by atoms with Crippen LogP contribution in [-0.4, -0.2) is 74.8 Å². The molecule has 0 spiro atoms. The lowest BCUT2D eigenvalue weighted by Gasteiger charge is -2.34. The van der Waals surface area contributed by atoms with Crippen molar-refractivity contribution in [3.05, 3.63) is 29.8 Å². The van der Waals surface area contributed by atoms with Gasteiger partial charge in [0.05, 0.1) is 26.4 Å². The monoisotopic (exact) mass is 360 g/mol. The predicted molar refractivity (Wildman–Crippen MR) is 105 cm³/mol. The fourth-order valence-corrected chi connectivity index (χ4v) is 3.73. The summed E-state index contributed by atoms with van der Waals surface area (Å²) in [4.78, 5) is 9.56. The fraction of sp³-hybridized carbons (Fsp3) is 0.650. The van der Waals surface area contributed by atoms with Crippen LogP contribution in [0.5, 0.6) is 5.75 Å². The standard InChI is InChI=1S/C20H32N4O2/c1-4-21-20(23(2)13-16-7-9-18(25-3)10-8-16)22-12-19-14-24-11-5-6-17(24)15-26-19/h7-10,17,19H,4-6,11-15H2,1-3H3,(H,21,22). The number of hydrogen-bond acceptors (Lipinski definition) is 4. The van der Waals surface area contributed by atoms with Gasteiger partial charge >= 0.3 is 0 Å². The number of morpholine rings is 1. The molecule has 0 radical (unpaired) electrons. The van der Waals surface area contributed by atoms with Gasteiger partial charge in [-0.3, -0.25) is 9.89 Å². The van der Waals surface area contributed by atoms with Crippen LogP contribution in [0.2, 0.25) is 0 Å². The summed E-state index contributed by atoms with van der Waals surface area (Å²) in [5, 5.41) is 3.39. The molecular formula is C20H32N4O2. The molecule has 2 fully saturated rings. The Bertz CT molecular complexity index is 590. The highest BCUT2D eigenvalue weighted by Gasteiger charge is 2.32. The molecular weight excluding hydrogens is 328 g/mol. The number of benzene rings is 1. The summed E-state index contributed by atoms with van der Waals surface area (Å²) < 4.78 is 11.3. The maximum Gasteiger partial charge on any atom is 0.194 e. The number of aliphatic imine (C=N–C) groups is 1. The molecule has 6 heteroatoms. The fourth-order valence-electron chi connectivity index (χ4n) is 3.73. The van der Waals surface area contributed by atoms with Gasteiger partial charge in [0.25, 0.3) is 0 Å². The zero-order valence-electron chi connectivity index (χ0n) is 16.3. The van der Waals surface area contributed by atoms with E-state index in [9.17, 15) is 0 Å². The van der Waals surface area contributed by atoms with E-state index >= 15 is 0 Å². The Labute approximate surface area is 157 Å². The average Bonchev–Trinajstić information content (AvgIpc) is 3.13. The lowest BCUT2D eigenvalue weighted by Crippen LogP contribution is -2.47. The molecule has 26 heavy (non-hydrogen) atoms. The second-order valence-corrected chi connectivity index (χ2v) is 7.15. The minimum atomic E-state index is 0.201. The van der Waals surface area contributed by atoms with Gasteiger partial charge in [0.2, 0.25) is 0 Å². The van der Waals surface area contributed by atoms with Crippen molar-refractivity contribution in [2.45, 2.75) is 38.5 Å². The Morgan fingerprint density at radius 1 is 1.38 bits per heavy atom. The SMILES string of the molecule is CCNC(=NCC1CN2CCCC2CO1)N(C)Cc1ccc(OC)cc1. The number of nitrogens with one attached hydrogen (secondary N) is 1. The summed E-state index contributed by atoms with van der Waals surface area (Å²) in [6.07, 6.45) is 2.79. The second-order valence-electron chi connectivity index (χ2n) is 7.15. The molecule has 2 saturated heterocycles. The van der Waals surface area contributed by atoms with E-state index in [0.717, 1.165) is 38.0 Å². The van der Waals surface area contributed by atoms with E-state index in [1.165, 1.54) is 24.9 Å². The van der Waals surface area contributed by atoms with Crippen LogP contribution in [-0.2, 0) is 11.3 Å². The Balaban J connectivity index is 1.56. The van der Waals surface area contributed by atoms with Crippen LogP contribution in [0.25, 0.3) is 0 Å². The first-order valence-corrected chi connectivity index (χ1v) is 9.67. The van der Waals surface area contributed by atoms with Crippen LogP contribution in [0.4, 0.5) is 0 Å². The van der Waals surface area contributed by atoms with Crippen molar-refractivity contribution < 1.29 is 9.47 Å². The van der Waals surface area contributed by atoms with Gasteiger partial charge in [0.15, 0.2) is 5.96 Å². The summed E-state index contributed by atoms with van der Waals surface area (Å²) in [5.41, 5.74) is 1.23. The molecule has 6 nitrogen and oxygen atoms in total. The van der Waals surface area contributed by atoms with E-state index in [0.29, 0.717) is 12.6 Å². The van der Waals surface area contributed by atoms with Crippen molar-refractivity contribution in [3.63, 3.8) is 0 Å². The number of hydrogen-bond donors (Lipinski definition) is 1. The Morgan fingerprint density at radius 3 is 2.92 bits per heavy atom. The van der Waals surface area contributed by atoms with Gasteiger partial charge in [-0.2, -0.15) is 0 Å². The van der Waals surface area contributed by atoms with Gasteiger partial charge in [0.1, 0.15) is 5.75 Å². The lowest BCUT2D eigenvalue weighted by atomic mass is 10.2. The first kappa shape index (κ1) is 19.0. The third-order valence-electron chi connectivity index (χ3n) is 5.18. The van der Waals surface area contributed by atoms with Crippen LogP contribution in [0, 0.1) is 0 Å². The maximum atomic E-state index is 6.04. The van der Waals surface area contributed by atoms with Gasteiger partial charge in [0, 0.05) is 32.7 Å². The Hall–Kier alpha value is -1.79. The van der Waals surface area contributed by atoms with Gasteiger partial charge in [-0.1, -0.05) is 12.1 Å². The first-order valence-electron chi connectivity index (χ1n) is 9.67. The second kappa shape index (κ2) is 9.24. The van der Waals surface area contributed by atoms with Crippen LogP contribution in [0.1, 0.15) is 25.3 Å². The number of guanidine groups is 1. The zero-order valence-corrected chi connectivity index (χ0v) is 16.3. The minimum absolute atomic E-state index is 0.201. The molecule has 144 valence electrons. The molecule has 3 rings (SSSR count). The van der Waals surface area contributed by atoms with E-state index in [1.54, 1.807) is 7.11 Å². The smallest absolute Gasteiger partial charge is 0.194 e. The number of methoxy groups -OCH3 is 1. The van der Waals surface area contributed by atoms with E-state index in [2.05, 4.69) is 41.2 Å². The molecule has 1 aromatic carbocycles. The molecule has 2 atom stereocenters. The quantitative estimate of drug-likeness (QED) is 0.621. The molecule has 2 aliphatic rings. The highest BCUT2D eigenvalue weighted by Crippen LogP contribution is 2.22. The van der Waals surface area contributed by atoms with Crippen LogP contribution in [0.15, 0.2) is 29.3 Å². The minimum Gasteiger partial charge on any atom is -0.497 e. The topological polar surface area (TPSA) is 49.3 Å².